The number of nitrogens with zero attached hydrogens (tertiary/aromatic N) is 2. The number of nitrogens with one attached hydrogen (secondary N) is 2. The van der Waals surface area contributed by atoms with Crippen molar-refractivity contribution in [1.82, 2.24) is 15.5 Å². The zero-order valence-electron chi connectivity index (χ0n) is 12.1. The Morgan fingerprint density at radius 1 is 1.25 bits per heavy atom. The van der Waals surface area contributed by atoms with Crippen molar-refractivity contribution in [3.63, 3.8) is 0 Å². The summed E-state index contributed by atoms with van der Waals surface area (Å²) in [5, 5.41) is 15.2. The third-order valence-electron chi connectivity index (χ3n) is 2.73. The van der Waals surface area contributed by atoms with Gasteiger partial charge in [0.2, 0.25) is 5.91 Å². The summed E-state index contributed by atoms with van der Waals surface area (Å²) in [5.74, 6) is 0.0383. The highest BCUT2D eigenvalue weighted by molar-refractivity contribution is 5.90. The van der Waals surface area contributed by atoms with Crippen molar-refractivity contribution in [3.05, 3.63) is 30.5 Å². The molecule has 0 unspecified atom stereocenters. The van der Waals surface area contributed by atoms with Crippen LogP contribution in [0, 0.1) is 0 Å². The van der Waals surface area contributed by atoms with Gasteiger partial charge >= 0.3 is 0 Å². The van der Waals surface area contributed by atoms with Crippen molar-refractivity contribution in [2.24, 2.45) is 0 Å². The third kappa shape index (κ3) is 3.91. The largest absolute Gasteiger partial charge is 0.383 e. The third-order valence-corrected chi connectivity index (χ3v) is 2.73. The van der Waals surface area contributed by atoms with E-state index < -0.39 is 0 Å². The standard InChI is InChI=1S/C15H20N4O/c1-15(2,3)18-14(20)8-9-16-13-10-17-19-12-7-5-4-6-11(12)13/h4-7,10H,8-9H2,1-3H3,(H,16,19)(H,18,20). The number of amides is 1. The maximum Gasteiger partial charge on any atom is 0.222 e. The molecule has 0 fully saturated rings. The van der Waals surface area contributed by atoms with Gasteiger partial charge in [-0.2, -0.15) is 10.2 Å². The first kappa shape index (κ1) is 14.2. The number of rotatable bonds is 4. The van der Waals surface area contributed by atoms with Crippen LogP contribution in [0.2, 0.25) is 0 Å². The van der Waals surface area contributed by atoms with Gasteiger partial charge in [-0.05, 0) is 26.8 Å². The first-order valence-corrected chi connectivity index (χ1v) is 6.71. The molecule has 0 aliphatic heterocycles. The predicted molar refractivity (Wildman–Crippen MR) is 80.5 cm³/mol. The van der Waals surface area contributed by atoms with Crippen LogP contribution in [-0.2, 0) is 4.79 Å². The Balaban J connectivity index is 1.95. The lowest BCUT2D eigenvalue weighted by Crippen LogP contribution is -2.41. The fraction of sp³-hybridized carbons (Fsp3) is 0.400. The molecule has 2 aromatic rings. The Kier molecular flexibility index (Phi) is 4.17. The summed E-state index contributed by atoms with van der Waals surface area (Å²) in [6.45, 7) is 6.48. The Labute approximate surface area is 118 Å². The SMILES string of the molecule is CC(C)(C)NC(=O)CCNc1cnnc2ccccc12. The van der Waals surface area contributed by atoms with Gasteiger partial charge in [0.1, 0.15) is 0 Å². The van der Waals surface area contributed by atoms with Crippen LogP contribution >= 0.6 is 0 Å². The number of hydrogen-bond donors (Lipinski definition) is 2. The first-order chi connectivity index (χ1) is 9.46. The molecule has 2 N–H and O–H groups in total. The van der Waals surface area contributed by atoms with Gasteiger partial charge in [0.05, 0.1) is 17.4 Å². The van der Waals surface area contributed by atoms with Crippen LogP contribution in [0.15, 0.2) is 30.5 Å². The average molecular weight is 272 g/mol. The first-order valence-electron chi connectivity index (χ1n) is 6.71. The summed E-state index contributed by atoms with van der Waals surface area (Å²) in [7, 11) is 0. The Hall–Kier alpha value is -2.17. The summed E-state index contributed by atoms with van der Waals surface area (Å²) in [5.41, 5.74) is 1.55. The number of anilines is 1. The lowest BCUT2D eigenvalue weighted by Gasteiger charge is -2.20. The van der Waals surface area contributed by atoms with Crippen molar-refractivity contribution in [1.29, 1.82) is 0 Å². The van der Waals surface area contributed by atoms with E-state index in [9.17, 15) is 4.79 Å². The minimum Gasteiger partial charge on any atom is -0.383 e. The molecule has 5 heteroatoms. The molecule has 1 aromatic heterocycles. The van der Waals surface area contributed by atoms with E-state index >= 15 is 0 Å². The predicted octanol–water partition coefficient (Wildman–Crippen LogP) is 2.35. The molecule has 0 aliphatic rings. The molecule has 20 heavy (non-hydrogen) atoms. The molecule has 106 valence electrons. The summed E-state index contributed by atoms with van der Waals surface area (Å²) in [4.78, 5) is 11.7. The highest BCUT2D eigenvalue weighted by atomic mass is 16.1. The van der Waals surface area contributed by atoms with Gasteiger partial charge < -0.3 is 10.6 Å². The van der Waals surface area contributed by atoms with Crippen molar-refractivity contribution < 1.29 is 4.79 Å². The Morgan fingerprint density at radius 3 is 2.75 bits per heavy atom. The lowest BCUT2D eigenvalue weighted by molar-refractivity contribution is -0.122. The number of fused-ring (bicyclic) bond motifs is 1. The lowest BCUT2D eigenvalue weighted by atomic mass is 10.1. The molecular formula is C15H20N4O. The highest BCUT2D eigenvalue weighted by Gasteiger charge is 2.13. The molecular weight excluding hydrogens is 252 g/mol. The second-order valence-corrected chi connectivity index (χ2v) is 5.75. The zero-order valence-corrected chi connectivity index (χ0v) is 12.1. The molecule has 0 radical (unpaired) electrons. The molecule has 5 nitrogen and oxygen atoms in total. The normalized spacial score (nSPS) is 11.3. The van der Waals surface area contributed by atoms with Gasteiger partial charge in [0.15, 0.2) is 0 Å². The minimum atomic E-state index is -0.192. The zero-order chi connectivity index (χ0) is 14.6. The molecule has 0 bridgehead atoms. The average Bonchev–Trinajstić information content (AvgIpc) is 2.37. The smallest absolute Gasteiger partial charge is 0.222 e. The Bertz CT molecular complexity index is 599. The van der Waals surface area contributed by atoms with E-state index in [0.717, 1.165) is 16.6 Å². The molecule has 2 rings (SSSR count). The van der Waals surface area contributed by atoms with E-state index in [4.69, 9.17) is 0 Å². The van der Waals surface area contributed by atoms with Gasteiger partial charge in [0.25, 0.3) is 0 Å². The summed E-state index contributed by atoms with van der Waals surface area (Å²) < 4.78 is 0. The van der Waals surface area contributed by atoms with E-state index in [1.807, 2.05) is 45.0 Å². The van der Waals surface area contributed by atoms with Gasteiger partial charge in [-0.1, -0.05) is 18.2 Å². The number of carbonyl (C=O) groups is 1. The van der Waals surface area contributed by atoms with Crippen LogP contribution in [0.5, 0.6) is 0 Å². The van der Waals surface area contributed by atoms with Crippen molar-refractivity contribution in [2.45, 2.75) is 32.7 Å². The number of benzene rings is 1. The summed E-state index contributed by atoms with van der Waals surface area (Å²) >= 11 is 0. The van der Waals surface area contributed by atoms with E-state index in [-0.39, 0.29) is 11.4 Å². The molecule has 0 atom stereocenters. The van der Waals surface area contributed by atoms with Crippen LogP contribution < -0.4 is 10.6 Å². The topological polar surface area (TPSA) is 66.9 Å². The molecule has 1 amide bonds. The monoisotopic (exact) mass is 272 g/mol. The minimum absolute atomic E-state index is 0.0383. The van der Waals surface area contributed by atoms with E-state index in [1.54, 1.807) is 6.20 Å². The molecule has 0 saturated heterocycles. The van der Waals surface area contributed by atoms with Crippen LogP contribution in [0.4, 0.5) is 5.69 Å². The molecule has 0 aliphatic carbocycles. The van der Waals surface area contributed by atoms with Crippen LogP contribution in [0.3, 0.4) is 0 Å². The number of aromatic nitrogens is 2. The molecule has 1 heterocycles. The summed E-state index contributed by atoms with van der Waals surface area (Å²) in [6, 6.07) is 7.79. The second kappa shape index (κ2) is 5.86. The Morgan fingerprint density at radius 2 is 2.00 bits per heavy atom. The van der Waals surface area contributed by atoms with Crippen LogP contribution in [0.25, 0.3) is 10.9 Å². The maximum atomic E-state index is 11.7. The van der Waals surface area contributed by atoms with Crippen LogP contribution in [-0.4, -0.2) is 28.2 Å². The quantitative estimate of drug-likeness (QED) is 0.896. The van der Waals surface area contributed by atoms with E-state index in [0.29, 0.717) is 13.0 Å². The van der Waals surface area contributed by atoms with Crippen molar-refractivity contribution >= 4 is 22.5 Å². The highest BCUT2D eigenvalue weighted by Crippen LogP contribution is 2.19. The number of hydrogen-bond acceptors (Lipinski definition) is 4. The van der Waals surface area contributed by atoms with Crippen molar-refractivity contribution in [3.8, 4) is 0 Å². The van der Waals surface area contributed by atoms with Crippen LogP contribution in [0.1, 0.15) is 27.2 Å². The molecule has 1 aromatic carbocycles. The van der Waals surface area contributed by atoms with Gasteiger partial charge in [-0.25, -0.2) is 0 Å². The van der Waals surface area contributed by atoms with Crippen molar-refractivity contribution in [2.75, 3.05) is 11.9 Å². The molecule has 0 saturated carbocycles. The van der Waals surface area contributed by atoms with E-state index in [1.165, 1.54) is 0 Å². The summed E-state index contributed by atoms with van der Waals surface area (Å²) in [6.07, 6.45) is 2.11. The fourth-order valence-corrected chi connectivity index (χ4v) is 1.94. The van der Waals surface area contributed by atoms with E-state index in [2.05, 4.69) is 20.8 Å². The maximum absolute atomic E-state index is 11.7. The van der Waals surface area contributed by atoms with Gasteiger partial charge in [0, 0.05) is 23.9 Å². The molecule has 0 spiro atoms. The number of carbonyl (C=O) groups excluding carboxylic acids is 1. The second-order valence-electron chi connectivity index (χ2n) is 5.75. The fourth-order valence-electron chi connectivity index (χ4n) is 1.94. The van der Waals surface area contributed by atoms with Gasteiger partial charge in [-0.15, -0.1) is 0 Å². The van der Waals surface area contributed by atoms with Gasteiger partial charge in [-0.3, -0.25) is 4.79 Å².